The Bertz CT molecular complexity index is 1080. The second-order valence-electron chi connectivity index (χ2n) is 5.85. The molecule has 29 heavy (non-hydrogen) atoms. The molecule has 2 heterocycles. The predicted molar refractivity (Wildman–Crippen MR) is 96.6 cm³/mol. The molecule has 12 heteroatoms. The number of hydrogen-bond acceptors (Lipinski definition) is 6. The first kappa shape index (κ1) is 20.4. The van der Waals surface area contributed by atoms with Crippen molar-refractivity contribution in [2.75, 3.05) is 11.9 Å². The Balaban J connectivity index is 1.61. The highest BCUT2D eigenvalue weighted by atomic mass is 35.5. The van der Waals surface area contributed by atoms with E-state index >= 15 is 0 Å². The molecule has 1 aromatic carbocycles. The van der Waals surface area contributed by atoms with Crippen molar-refractivity contribution in [2.24, 2.45) is 0 Å². The van der Waals surface area contributed by atoms with Crippen LogP contribution in [0.4, 0.5) is 24.5 Å². The summed E-state index contributed by atoms with van der Waals surface area (Å²) in [6.07, 6.45) is -1.48. The molecule has 3 aromatic rings. The van der Waals surface area contributed by atoms with Gasteiger partial charge >= 0.3 is 12.1 Å². The summed E-state index contributed by atoms with van der Waals surface area (Å²) < 4.78 is 44.8. The molecule has 2 aromatic heterocycles. The maximum atomic E-state index is 12.7. The Labute approximate surface area is 166 Å². The molecular formula is C17H12ClF3N4O4. The number of imidazole rings is 1. The van der Waals surface area contributed by atoms with Crippen LogP contribution in [0.2, 0.25) is 5.02 Å². The van der Waals surface area contributed by atoms with Crippen molar-refractivity contribution in [3.8, 4) is 0 Å². The van der Waals surface area contributed by atoms with Crippen LogP contribution in [0.5, 0.6) is 0 Å². The van der Waals surface area contributed by atoms with Gasteiger partial charge in [-0.25, -0.2) is 4.98 Å². The van der Waals surface area contributed by atoms with E-state index in [1.807, 2.05) is 0 Å². The van der Waals surface area contributed by atoms with Gasteiger partial charge in [0.25, 0.3) is 5.69 Å². The van der Waals surface area contributed by atoms with E-state index in [2.05, 4.69) is 10.3 Å². The predicted octanol–water partition coefficient (Wildman–Crippen LogP) is 4.07. The standard InChI is InChI=1S/C17H12ClF3N4O4/c18-11-2-4-15-23-12(8-24(15)7-11)9-29-16(26)6-22-13-3-1-10(17(19,20)21)5-14(13)25(27)28/h1-5,7-8,22H,6,9H2. The van der Waals surface area contributed by atoms with Gasteiger partial charge in [0.15, 0.2) is 0 Å². The minimum absolute atomic E-state index is 0.158. The number of aromatic nitrogens is 2. The van der Waals surface area contributed by atoms with Crippen LogP contribution in [-0.2, 0) is 22.3 Å². The number of carbonyl (C=O) groups is 1. The van der Waals surface area contributed by atoms with E-state index in [9.17, 15) is 28.1 Å². The number of alkyl halides is 3. The van der Waals surface area contributed by atoms with E-state index in [-0.39, 0.29) is 12.3 Å². The van der Waals surface area contributed by atoms with Crippen LogP contribution in [0.1, 0.15) is 11.3 Å². The van der Waals surface area contributed by atoms with Crippen LogP contribution in [0.15, 0.2) is 42.7 Å². The fraction of sp³-hybridized carbons (Fsp3) is 0.176. The van der Waals surface area contributed by atoms with Crippen LogP contribution >= 0.6 is 11.6 Å². The number of esters is 1. The van der Waals surface area contributed by atoms with E-state index in [4.69, 9.17) is 16.3 Å². The molecule has 0 aliphatic carbocycles. The number of pyridine rings is 1. The molecule has 0 amide bonds. The first-order valence-corrected chi connectivity index (χ1v) is 8.39. The lowest BCUT2D eigenvalue weighted by Crippen LogP contribution is -2.17. The van der Waals surface area contributed by atoms with E-state index in [0.29, 0.717) is 28.5 Å². The van der Waals surface area contributed by atoms with Gasteiger partial charge < -0.3 is 14.5 Å². The van der Waals surface area contributed by atoms with Gasteiger partial charge in [-0.3, -0.25) is 14.9 Å². The first-order valence-electron chi connectivity index (χ1n) is 8.02. The van der Waals surface area contributed by atoms with Crippen molar-refractivity contribution in [3.63, 3.8) is 0 Å². The molecule has 0 bridgehead atoms. The highest BCUT2D eigenvalue weighted by Crippen LogP contribution is 2.34. The topological polar surface area (TPSA) is 98.8 Å². The third-order valence-corrected chi connectivity index (χ3v) is 4.01. The van der Waals surface area contributed by atoms with Crippen LogP contribution in [0, 0.1) is 10.1 Å². The summed E-state index contributed by atoms with van der Waals surface area (Å²) in [4.78, 5) is 26.2. The number of nitrogens with one attached hydrogen (secondary N) is 1. The molecule has 1 N–H and O–H groups in total. The minimum atomic E-state index is -4.72. The van der Waals surface area contributed by atoms with E-state index in [0.717, 1.165) is 6.07 Å². The van der Waals surface area contributed by atoms with Gasteiger partial charge in [0, 0.05) is 18.5 Å². The Kier molecular flexibility index (Phi) is 5.59. The summed E-state index contributed by atoms with van der Waals surface area (Å²) in [5.74, 6) is -0.769. The fourth-order valence-electron chi connectivity index (χ4n) is 2.47. The van der Waals surface area contributed by atoms with Gasteiger partial charge in [0.2, 0.25) is 0 Å². The van der Waals surface area contributed by atoms with Gasteiger partial charge in [-0.15, -0.1) is 0 Å². The number of hydrogen-bond donors (Lipinski definition) is 1. The zero-order valence-corrected chi connectivity index (χ0v) is 15.2. The quantitative estimate of drug-likeness (QED) is 0.361. The van der Waals surface area contributed by atoms with Crippen molar-refractivity contribution in [1.82, 2.24) is 9.38 Å². The second kappa shape index (κ2) is 7.95. The monoisotopic (exact) mass is 428 g/mol. The molecule has 0 unspecified atom stereocenters. The zero-order valence-electron chi connectivity index (χ0n) is 14.4. The Morgan fingerprint density at radius 2 is 2.03 bits per heavy atom. The lowest BCUT2D eigenvalue weighted by atomic mass is 10.1. The normalized spacial score (nSPS) is 11.4. The average molecular weight is 429 g/mol. The minimum Gasteiger partial charge on any atom is -0.458 e. The molecule has 0 spiro atoms. The van der Waals surface area contributed by atoms with E-state index in [1.165, 1.54) is 0 Å². The van der Waals surface area contributed by atoms with Crippen molar-refractivity contribution >= 4 is 34.6 Å². The van der Waals surface area contributed by atoms with E-state index < -0.39 is 34.9 Å². The molecule has 3 rings (SSSR count). The third kappa shape index (κ3) is 4.93. The van der Waals surface area contributed by atoms with Crippen molar-refractivity contribution in [1.29, 1.82) is 0 Å². The number of halogens is 4. The van der Waals surface area contributed by atoms with E-state index in [1.54, 1.807) is 28.9 Å². The summed E-state index contributed by atoms with van der Waals surface area (Å²) in [5.41, 5.74) is -1.16. The molecule has 0 saturated heterocycles. The number of anilines is 1. The summed E-state index contributed by atoms with van der Waals surface area (Å²) in [7, 11) is 0. The summed E-state index contributed by atoms with van der Waals surface area (Å²) in [6.45, 7) is -0.639. The number of nitro groups is 1. The van der Waals surface area contributed by atoms with Crippen molar-refractivity contribution in [3.05, 3.63) is 69.1 Å². The number of fused-ring (bicyclic) bond motifs is 1. The highest BCUT2D eigenvalue weighted by molar-refractivity contribution is 6.30. The SMILES string of the molecule is O=C(CNc1ccc(C(F)(F)F)cc1[N+](=O)[O-])OCc1cn2cc(Cl)ccc2n1. The van der Waals surface area contributed by atoms with Crippen LogP contribution in [0.25, 0.3) is 5.65 Å². The third-order valence-electron chi connectivity index (χ3n) is 3.79. The maximum Gasteiger partial charge on any atom is 0.416 e. The molecule has 0 radical (unpaired) electrons. The Hall–Kier alpha value is -3.34. The molecule has 0 atom stereocenters. The van der Waals surface area contributed by atoms with Gasteiger partial charge in [0.1, 0.15) is 24.5 Å². The fourth-order valence-corrected chi connectivity index (χ4v) is 2.64. The highest BCUT2D eigenvalue weighted by Gasteiger charge is 2.33. The van der Waals surface area contributed by atoms with Crippen LogP contribution in [0.3, 0.4) is 0 Å². The van der Waals surface area contributed by atoms with Gasteiger partial charge in [-0.2, -0.15) is 13.2 Å². The molecule has 152 valence electrons. The van der Waals surface area contributed by atoms with Crippen molar-refractivity contribution < 1.29 is 27.6 Å². The summed E-state index contributed by atoms with van der Waals surface area (Å²) in [5, 5.41) is 13.9. The van der Waals surface area contributed by atoms with Gasteiger partial charge in [-0.1, -0.05) is 11.6 Å². The second-order valence-corrected chi connectivity index (χ2v) is 6.28. The number of benzene rings is 1. The number of nitrogens with zero attached hydrogens (tertiary/aromatic N) is 3. The molecular weight excluding hydrogens is 417 g/mol. The average Bonchev–Trinajstić information content (AvgIpc) is 3.05. The number of ether oxygens (including phenoxy) is 1. The largest absolute Gasteiger partial charge is 0.458 e. The molecule has 8 nitrogen and oxygen atoms in total. The summed E-state index contributed by atoms with van der Waals surface area (Å²) >= 11 is 5.87. The molecule has 0 saturated carbocycles. The lowest BCUT2D eigenvalue weighted by molar-refractivity contribution is -0.384. The lowest BCUT2D eigenvalue weighted by Gasteiger charge is -2.10. The first-order chi connectivity index (χ1) is 13.6. The molecule has 0 aliphatic heterocycles. The Morgan fingerprint density at radius 1 is 1.28 bits per heavy atom. The number of carbonyl (C=O) groups excluding carboxylic acids is 1. The van der Waals surface area contributed by atoms with Gasteiger partial charge in [-0.05, 0) is 24.3 Å². The van der Waals surface area contributed by atoms with Crippen LogP contribution < -0.4 is 5.32 Å². The maximum absolute atomic E-state index is 12.7. The van der Waals surface area contributed by atoms with Crippen molar-refractivity contribution in [2.45, 2.75) is 12.8 Å². The Morgan fingerprint density at radius 3 is 2.72 bits per heavy atom. The summed E-state index contributed by atoms with van der Waals surface area (Å²) in [6, 6.07) is 5.30. The van der Waals surface area contributed by atoms with Crippen LogP contribution in [-0.4, -0.2) is 26.8 Å². The smallest absolute Gasteiger partial charge is 0.416 e. The molecule has 0 aliphatic rings. The number of nitro benzene ring substituents is 1. The number of rotatable bonds is 6. The molecule has 0 fully saturated rings. The zero-order chi connectivity index (χ0) is 21.2. The van der Waals surface area contributed by atoms with Gasteiger partial charge in [0.05, 0.1) is 21.2 Å².